The molecule has 1 saturated heterocycles. The highest BCUT2D eigenvalue weighted by molar-refractivity contribution is 7.09. The Morgan fingerprint density at radius 3 is 2.76 bits per heavy atom. The zero-order valence-electron chi connectivity index (χ0n) is 10.3. The highest BCUT2D eigenvalue weighted by atomic mass is 32.1. The molecule has 5 heteroatoms. The van der Waals surface area contributed by atoms with E-state index in [2.05, 4.69) is 10.3 Å². The molecule has 2 heterocycles. The van der Waals surface area contributed by atoms with E-state index in [0.717, 1.165) is 30.9 Å². The van der Waals surface area contributed by atoms with Gasteiger partial charge in [-0.25, -0.2) is 4.98 Å². The number of carbonyl (C=O) groups is 1. The lowest BCUT2D eigenvalue weighted by Crippen LogP contribution is -2.44. The Bertz CT molecular complexity index is 360. The van der Waals surface area contributed by atoms with Crippen molar-refractivity contribution in [2.75, 3.05) is 13.1 Å². The van der Waals surface area contributed by atoms with Crippen molar-refractivity contribution >= 4 is 17.2 Å². The number of thiazole rings is 1. The van der Waals surface area contributed by atoms with Crippen LogP contribution in [0.3, 0.4) is 0 Å². The third-order valence-electron chi connectivity index (χ3n) is 3.11. The summed E-state index contributed by atoms with van der Waals surface area (Å²) in [7, 11) is 0. The van der Waals surface area contributed by atoms with Gasteiger partial charge in [0.25, 0.3) is 0 Å². The van der Waals surface area contributed by atoms with Gasteiger partial charge in [-0.1, -0.05) is 0 Å². The summed E-state index contributed by atoms with van der Waals surface area (Å²) in [6.45, 7) is 5.81. The van der Waals surface area contributed by atoms with Gasteiger partial charge in [-0.05, 0) is 26.7 Å². The number of likely N-dealkylation sites (tertiary alicyclic amines) is 1. The van der Waals surface area contributed by atoms with Crippen LogP contribution in [0.25, 0.3) is 0 Å². The van der Waals surface area contributed by atoms with Crippen LogP contribution in [0.2, 0.25) is 0 Å². The van der Waals surface area contributed by atoms with Crippen molar-refractivity contribution in [2.24, 2.45) is 0 Å². The standard InChI is InChI=1S/C12H19N3OS/c1-9(11-13-5-8-17-11)14-10(2)12(16)15-6-3-4-7-15/h5,8-10,14H,3-4,6-7H2,1-2H3. The topological polar surface area (TPSA) is 45.2 Å². The maximum absolute atomic E-state index is 12.1. The van der Waals surface area contributed by atoms with Crippen molar-refractivity contribution in [1.82, 2.24) is 15.2 Å². The largest absolute Gasteiger partial charge is 0.341 e. The number of carbonyl (C=O) groups excluding carboxylic acids is 1. The van der Waals surface area contributed by atoms with Crippen molar-refractivity contribution in [3.8, 4) is 0 Å². The van der Waals surface area contributed by atoms with Crippen molar-refractivity contribution in [3.63, 3.8) is 0 Å². The minimum absolute atomic E-state index is 0.132. The normalized spacial score (nSPS) is 19.3. The molecule has 1 fully saturated rings. The van der Waals surface area contributed by atoms with Gasteiger partial charge in [-0.15, -0.1) is 11.3 Å². The van der Waals surface area contributed by atoms with Crippen LogP contribution in [-0.4, -0.2) is 34.9 Å². The molecule has 94 valence electrons. The number of aromatic nitrogens is 1. The summed E-state index contributed by atoms with van der Waals surface area (Å²) in [5, 5.41) is 6.31. The predicted octanol–water partition coefficient (Wildman–Crippen LogP) is 1.80. The fraction of sp³-hybridized carbons (Fsp3) is 0.667. The highest BCUT2D eigenvalue weighted by Gasteiger charge is 2.24. The number of hydrogen-bond acceptors (Lipinski definition) is 4. The van der Waals surface area contributed by atoms with Crippen LogP contribution in [0.5, 0.6) is 0 Å². The Morgan fingerprint density at radius 2 is 2.18 bits per heavy atom. The minimum atomic E-state index is -0.132. The number of nitrogens with zero attached hydrogens (tertiary/aromatic N) is 2. The molecular weight excluding hydrogens is 234 g/mol. The maximum atomic E-state index is 12.1. The molecule has 2 unspecified atom stereocenters. The van der Waals surface area contributed by atoms with Gasteiger partial charge >= 0.3 is 0 Å². The Hall–Kier alpha value is -0.940. The van der Waals surface area contributed by atoms with Gasteiger partial charge in [-0.2, -0.15) is 0 Å². The van der Waals surface area contributed by atoms with Gasteiger partial charge in [0.15, 0.2) is 0 Å². The van der Waals surface area contributed by atoms with Crippen LogP contribution in [0.1, 0.15) is 37.7 Å². The van der Waals surface area contributed by atoms with E-state index in [1.54, 1.807) is 17.5 Å². The van der Waals surface area contributed by atoms with Crippen molar-refractivity contribution in [2.45, 2.75) is 38.8 Å². The van der Waals surface area contributed by atoms with Gasteiger partial charge in [0, 0.05) is 24.7 Å². The molecule has 17 heavy (non-hydrogen) atoms. The van der Waals surface area contributed by atoms with Gasteiger partial charge in [0.05, 0.1) is 12.1 Å². The van der Waals surface area contributed by atoms with Gasteiger partial charge in [0.2, 0.25) is 5.91 Å². The molecule has 0 bridgehead atoms. The first kappa shape index (κ1) is 12.5. The molecule has 1 N–H and O–H groups in total. The molecule has 1 aliphatic rings. The van der Waals surface area contributed by atoms with Crippen LogP contribution in [0, 0.1) is 0 Å². The molecule has 0 aromatic carbocycles. The Labute approximate surface area is 106 Å². The fourth-order valence-corrected chi connectivity index (χ4v) is 2.83. The number of hydrogen-bond donors (Lipinski definition) is 1. The van der Waals surface area contributed by atoms with E-state index in [1.807, 2.05) is 24.1 Å². The second-order valence-electron chi connectivity index (χ2n) is 4.51. The van der Waals surface area contributed by atoms with Crippen molar-refractivity contribution in [3.05, 3.63) is 16.6 Å². The first-order valence-electron chi connectivity index (χ1n) is 6.12. The molecule has 0 radical (unpaired) electrons. The third-order valence-corrected chi connectivity index (χ3v) is 4.07. The molecule has 4 nitrogen and oxygen atoms in total. The monoisotopic (exact) mass is 253 g/mol. The lowest BCUT2D eigenvalue weighted by Gasteiger charge is -2.23. The van der Waals surface area contributed by atoms with Crippen LogP contribution < -0.4 is 5.32 Å². The SMILES string of the molecule is CC(NC(C)c1nccs1)C(=O)N1CCCC1. The Kier molecular flexibility index (Phi) is 4.12. The molecule has 1 amide bonds. The fourth-order valence-electron chi connectivity index (χ4n) is 2.18. The van der Waals surface area contributed by atoms with E-state index in [9.17, 15) is 4.79 Å². The van der Waals surface area contributed by atoms with Gasteiger partial charge in [0.1, 0.15) is 5.01 Å². The maximum Gasteiger partial charge on any atom is 0.239 e. The summed E-state index contributed by atoms with van der Waals surface area (Å²) in [4.78, 5) is 18.3. The molecule has 0 aliphatic carbocycles. The lowest BCUT2D eigenvalue weighted by molar-refractivity contribution is -0.132. The molecule has 1 aromatic rings. The van der Waals surface area contributed by atoms with Crippen molar-refractivity contribution in [1.29, 1.82) is 0 Å². The van der Waals surface area contributed by atoms with E-state index >= 15 is 0 Å². The van der Waals surface area contributed by atoms with E-state index in [1.165, 1.54) is 0 Å². The van der Waals surface area contributed by atoms with Crippen LogP contribution in [-0.2, 0) is 4.79 Å². The lowest BCUT2D eigenvalue weighted by atomic mass is 10.2. The highest BCUT2D eigenvalue weighted by Crippen LogP contribution is 2.16. The Balaban J connectivity index is 1.87. The number of rotatable bonds is 4. The average Bonchev–Trinajstić information content (AvgIpc) is 3.00. The molecule has 0 spiro atoms. The van der Waals surface area contributed by atoms with E-state index in [4.69, 9.17) is 0 Å². The summed E-state index contributed by atoms with van der Waals surface area (Å²) in [5.41, 5.74) is 0. The second kappa shape index (κ2) is 5.60. The average molecular weight is 253 g/mol. The van der Waals surface area contributed by atoms with E-state index < -0.39 is 0 Å². The van der Waals surface area contributed by atoms with Crippen LogP contribution in [0.4, 0.5) is 0 Å². The van der Waals surface area contributed by atoms with Crippen LogP contribution >= 0.6 is 11.3 Å². The molecule has 2 rings (SSSR count). The molecular formula is C12H19N3OS. The minimum Gasteiger partial charge on any atom is -0.341 e. The first-order chi connectivity index (χ1) is 8.18. The zero-order valence-corrected chi connectivity index (χ0v) is 11.2. The Morgan fingerprint density at radius 1 is 1.47 bits per heavy atom. The third kappa shape index (κ3) is 3.04. The van der Waals surface area contributed by atoms with Gasteiger partial charge < -0.3 is 4.90 Å². The molecule has 1 aromatic heterocycles. The second-order valence-corrected chi connectivity index (χ2v) is 5.44. The predicted molar refractivity (Wildman–Crippen MR) is 68.9 cm³/mol. The smallest absolute Gasteiger partial charge is 0.239 e. The quantitative estimate of drug-likeness (QED) is 0.890. The molecule has 0 saturated carbocycles. The first-order valence-corrected chi connectivity index (χ1v) is 7.00. The number of amides is 1. The van der Waals surface area contributed by atoms with Crippen LogP contribution in [0.15, 0.2) is 11.6 Å². The summed E-state index contributed by atoms with van der Waals surface area (Å²) < 4.78 is 0. The van der Waals surface area contributed by atoms with Gasteiger partial charge in [-0.3, -0.25) is 10.1 Å². The van der Waals surface area contributed by atoms with Crippen molar-refractivity contribution < 1.29 is 4.79 Å². The van der Waals surface area contributed by atoms with E-state index in [0.29, 0.717) is 0 Å². The molecule has 1 aliphatic heterocycles. The summed E-state index contributed by atoms with van der Waals surface area (Å²) in [6, 6.07) is 0.00329. The van der Waals surface area contributed by atoms with E-state index in [-0.39, 0.29) is 18.0 Å². The zero-order chi connectivity index (χ0) is 12.3. The number of nitrogens with one attached hydrogen (secondary N) is 1. The summed E-state index contributed by atoms with van der Waals surface area (Å²) >= 11 is 1.62. The summed E-state index contributed by atoms with van der Waals surface area (Å²) in [5.74, 6) is 0.214. The summed E-state index contributed by atoms with van der Waals surface area (Å²) in [6.07, 6.45) is 4.08. The molecule has 2 atom stereocenters.